The number of hydrogen-bond donors (Lipinski definition) is 4. The molecule has 314 valence electrons. The summed E-state index contributed by atoms with van der Waals surface area (Å²) >= 11 is 0. The van der Waals surface area contributed by atoms with Gasteiger partial charge in [-0.3, -0.25) is 0 Å². The Labute approximate surface area is 343 Å². The van der Waals surface area contributed by atoms with E-state index in [4.69, 9.17) is 19.9 Å². The molecule has 0 amide bonds. The maximum Gasteiger partial charge on any atom is 0.119 e. The molecule has 9 nitrogen and oxygen atoms in total. The SMILES string of the molecule is COc1cccc([C@@]2(O)CCCC[C@H]2CN(C)C)c1.COc1cccc([C@@]2(O)CCCC[C@H]2CN(C)C)c1.COc1cccc([C@@]2(O)CCCC[C@H]2CN)c1.Cl. The van der Waals surface area contributed by atoms with Gasteiger partial charge in [0.25, 0.3) is 0 Å². The van der Waals surface area contributed by atoms with Crippen molar-refractivity contribution in [3.63, 3.8) is 0 Å². The average Bonchev–Trinajstić information content (AvgIpc) is 3.20. The highest BCUT2D eigenvalue weighted by Crippen LogP contribution is 2.45. The van der Waals surface area contributed by atoms with Crippen LogP contribution >= 0.6 is 12.4 Å². The number of benzene rings is 3. The number of rotatable bonds is 11. The van der Waals surface area contributed by atoms with Crippen molar-refractivity contribution in [3.05, 3.63) is 89.5 Å². The van der Waals surface area contributed by atoms with Crippen LogP contribution in [-0.2, 0) is 16.8 Å². The molecule has 6 rings (SSSR count). The number of nitrogens with two attached hydrogens (primary N) is 1. The highest BCUT2D eigenvalue weighted by Gasteiger charge is 2.42. The molecular weight excluding hydrogens is 726 g/mol. The molecule has 56 heavy (non-hydrogen) atoms. The van der Waals surface area contributed by atoms with Crippen LogP contribution in [0, 0.1) is 17.8 Å². The van der Waals surface area contributed by atoms with Crippen LogP contribution < -0.4 is 19.9 Å². The van der Waals surface area contributed by atoms with E-state index in [9.17, 15) is 15.3 Å². The summed E-state index contributed by atoms with van der Waals surface area (Å²) < 4.78 is 15.8. The number of aliphatic hydroxyl groups is 3. The van der Waals surface area contributed by atoms with Crippen LogP contribution in [0.1, 0.15) is 93.7 Å². The van der Waals surface area contributed by atoms with Gasteiger partial charge in [-0.2, -0.15) is 0 Å². The Bertz CT molecular complexity index is 1510. The van der Waals surface area contributed by atoms with Gasteiger partial charge < -0.3 is 45.1 Å². The molecule has 0 spiro atoms. The van der Waals surface area contributed by atoms with Gasteiger partial charge in [-0.05, 0) is 126 Å². The zero-order chi connectivity index (χ0) is 40.1. The first-order valence-electron chi connectivity index (χ1n) is 20.4. The fourth-order valence-corrected chi connectivity index (χ4v) is 9.18. The van der Waals surface area contributed by atoms with Crippen LogP contribution in [0.15, 0.2) is 72.8 Å². The molecule has 3 saturated carbocycles. The predicted molar refractivity (Wildman–Crippen MR) is 230 cm³/mol. The van der Waals surface area contributed by atoms with Crippen molar-refractivity contribution >= 4 is 12.4 Å². The predicted octanol–water partition coefficient (Wildman–Crippen LogP) is 7.72. The summed E-state index contributed by atoms with van der Waals surface area (Å²) in [5.74, 6) is 3.17. The molecule has 3 aromatic carbocycles. The second-order valence-electron chi connectivity index (χ2n) is 16.6. The molecular formula is C46H72ClN3O6. The van der Waals surface area contributed by atoms with Crippen molar-refractivity contribution in [1.29, 1.82) is 0 Å². The zero-order valence-electron chi connectivity index (χ0n) is 35.2. The fourth-order valence-electron chi connectivity index (χ4n) is 9.18. The Kier molecular flexibility index (Phi) is 18.9. The summed E-state index contributed by atoms with van der Waals surface area (Å²) in [4.78, 5) is 4.34. The Hall–Kier alpha value is -2.89. The molecule has 10 heteroatoms. The van der Waals surface area contributed by atoms with Crippen LogP contribution in [0.5, 0.6) is 17.2 Å². The van der Waals surface area contributed by atoms with Gasteiger partial charge in [0.05, 0.1) is 38.1 Å². The lowest BCUT2D eigenvalue weighted by Crippen LogP contribution is -2.43. The van der Waals surface area contributed by atoms with Crippen LogP contribution in [-0.4, -0.2) is 94.3 Å². The normalized spacial score (nSPS) is 27.5. The molecule has 0 heterocycles. The highest BCUT2D eigenvalue weighted by molar-refractivity contribution is 5.85. The molecule has 3 aromatic rings. The first kappa shape index (κ1) is 47.5. The molecule has 0 radical (unpaired) electrons. The monoisotopic (exact) mass is 798 g/mol. The van der Waals surface area contributed by atoms with Crippen LogP contribution in [0.2, 0.25) is 0 Å². The van der Waals surface area contributed by atoms with Gasteiger partial charge in [-0.15, -0.1) is 12.4 Å². The van der Waals surface area contributed by atoms with Crippen molar-refractivity contribution in [1.82, 2.24) is 9.80 Å². The molecule has 0 saturated heterocycles. The van der Waals surface area contributed by atoms with E-state index in [0.29, 0.717) is 18.4 Å². The van der Waals surface area contributed by atoms with E-state index in [0.717, 1.165) is 111 Å². The third-order valence-electron chi connectivity index (χ3n) is 12.3. The molecule has 0 aromatic heterocycles. The first-order chi connectivity index (χ1) is 26.3. The molecule has 0 aliphatic heterocycles. The van der Waals surface area contributed by atoms with E-state index in [2.05, 4.69) is 38.0 Å². The lowest BCUT2D eigenvalue weighted by molar-refractivity contribution is -0.0621. The topological polar surface area (TPSA) is 121 Å². The van der Waals surface area contributed by atoms with Crippen LogP contribution in [0.25, 0.3) is 0 Å². The summed E-state index contributed by atoms with van der Waals surface area (Å²) in [6.07, 6.45) is 12.5. The fraction of sp³-hybridized carbons (Fsp3) is 0.609. The lowest BCUT2D eigenvalue weighted by atomic mass is 9.71. The smallest absolute Gasteiger partial charge is 0.119 e. The molecule has 3 aliphatic rings. The quantitative estimate of drug-likeness (QED) is 0.155. The number of methoxy groups -OCH3 is 3. The van der Waals surface area contributed by atoms with Crippen molar-refractivity contribution in [2.75, 3.05) is 69.2 Å². The van der Waals surface area contributed by atoms with E-state index >= 15 is 0 Å². The summed E-state index contributed by atoms with van der Waals surface area (Å²) in [6, 6.07) is 23.5. The van der Waals surface area contributed by atoms with Gasteiger partial charge in [0.1, 0.15) is 17.2 Å². The Balaban J connectivity index is 0.000000224. The maximum atomic E-state index is 11.2. The van der Waals surface area contributed by atoms with Gasteiger partial charge in [0, 0.05) is 30.8 Å². The van der Waals surface area contributed by atoms with Gasteiger partial charge in [-0.25, -0.2) is 0 Å². The molecule has 6 atom stereocenters. The van der Waals surface area contributed by atoms with E-state index < -0.39 is 16.8 Å². The second kappa shape index (κ2) is 22.3. The Morgan fingerprint density at radius 1 is 0.536 bits per heavy atom. The van der Waals surface area contributed by atoms with E-state index in [1.54, 1.807) is 21.3 Å². The number of halogens is 1. The summed E-state index contributed by atoms with van der Waals surface area (Å²) in [7, 11) is 13.3. The standard InChI is InChI=1S/2C16H25NO2.C14H21NO2.ClH/c2*1-17(2)12-14-7-4-5-10-16(14,18)13-8-6-9-15(11-13)19-3;1-17-13-7-4-6-11(9-13)14(16)8-3-2-5-12(14)10-15;/h2*6,8-9,11,14,18H,4-5,7,10,12H2,1-3H3;4,6-7,9,12,16H,2-3,5,8,10,15H2,1H3;1H/t2*14-,16-;12-,14-;/m000./s1. The largest absolute Gasteiger partial charge is 0.497 e. The molecule has 5 N–H and O–H groups in total. The maximum absolute atomic E-state index is 11.2. The summed E-state index contributed by atoms with van der Waals surface area (Å²) in [5.41, 5.74) is 6.53. The third-order valence-corrected chi connectivity index (χ3v) is 12.3. The van der Waals surface area contributed by atoms with Gasteiger partial charge in [0.15, 0.2) is 0 Å². The first-order valence-corrected chi connectivity index (χ1v) is 20.4. The van der Waals surface area contributed by atoms with Crippen LogP contribution in [0.3, 0.4) is 0 Å². The third kappa shape index (κ3) is 12.1. The Morgan fingerprint density at radius 3 is 1.12 bits per heavy atom. The molecule has 0 unspecified atom stereocenters. The molecule has 3 aliphatic carbocycles. The Morgan fingerprint density at radius 2 is 0.839 bits per heavy atom. The van der Waals surface area contributed by atoms with Crippen molar-refractivity contribution in [2.24, 2.45) is 23.5 Å². The van der Waals surface area contributed by atoms with E-state index in [1.807, 2.05) is 72.8 Å². The minimum Gasteiger partial charge on any atom is -0.497 e. The zero-order valence-corrected chi connectivity index (χ0v) is 36.0. The minimum atomic E-state index is -0.776. The van der Waals surface area contributed by atoms with Crippen molar-refractivity contribution in [3.8, 4) is 17.2 Å². The van der Waals surface area contributed by atoms with Crippen LogP contribution in [0.4, 0.5) is 0 Å². The lowest BCUT2D eigenvalue weighted by Gasteiger charge is -2.41. The molecule has 3 fully saturated rings. The number of ether oxygens (including phenoxy) is 3. The highest BCUT2D eigenvalue weighted by atomic mass is 35.5. The summed E-state index contributed by atoms with van der Waals surface area (Å²) in [5, 5.41) is 33.3. The minimum absolute atomic E-state index is 0. The number of hydrogen-bond acceptors (Lipinski definition) is 9. The van der Waals surface area contributed by atoms with Gasteiger partial charge in [0.2, 0.25) is 0 Å². The van der Waals surface area contributed by atoms with Gasteiger partial charge in [-0.1, -0.05) is 74.9 Å². The summed E-state index contributed by atoms with van der Waals surface area (Å²) in [6.45, 7) is 2.38. The van der Waals surface area contributed by atoms with Crippen molar-refractivity contribution in [2.45, 2.75) is 93.9 Å². The molecule has 0 bridgehead atoms. The van der Waals surface area contributed by atoms with Crippen molar-refractivity contribution < 1.29 is 29.5 Å². The number of nitrogens with zero attached hydrogens (tertiary/aromatic N) is 2. The van der Waals surface area contributed by atoms with E-state index in [-0.39, 0.29) is 18.3 Å². The average molecular weight is 799 g/mol. The van der Waals surface area contributed by atoms with Gasteiger partial charge >= 0.3 is 0 Å². The second-order valence-corrected chi connectivity index (χ2v) is 16.6. The van der Waals surface area contributed by atoms with E-state index in [1.165, 1.54) is 12.8 Å².